The zero-order valence-corrected chi connectivity index (χ0v) is 10.8. The fourth-order valence-electron chi connectivity index (χ4n) is 1.41. The molecule has 1 aromatic heterocycles. The van der Waals surface area contributed by atoms with Crippen molar-refractivity contribution in [3.63, 3.8) is 0 Å². The lowest BCUT2D eigenvalue weighted by Crippen LogP contribution is -2.14. The molecule has 5 N–H and O–H groups in total. The van der Waals surface area contributed by atoms with Crippen LogP contribution in [0.5, 0.6) is 0 Å². The second-order valence-corrected chi connectivity index (χ2v) is 4.86. The summed E-state index contributed by atoms with van der Waals surface area (Å²) in [5.41, 5.74) is 5.79. The van der Waals surface area contributed by atoms with E-state index in [1.54, 1.807) is 18.2 Å². The highest BCUT2D eigenvalue weighted by Gasteiger charge is 2.05. The van der Waals surface area contributed by atoms with Crippen molar-refractivity contribution in [3.05, 3.63) is 39.4 Å². The van der Waals surface area contributed by atoms with Gasteiger partial charge in [-0.2, -0.15) is 5.10 Å². The van der Waals surface area contributed by atoms with Crippen LogP contribution in [-0.4, -0.2) is 15.1 Å². The normalized spacial score (nSPS) is 11.9. The second-order valence-electron chi connectivity index (χ2n) is 3.43. The van der Waals surface area contributed by atoms with Gasteiger partial charge in [-0.05, 0) is 18.2 Å². The number of thioether (sulfide) groups is 1. The molecule has 0 aliphatic carbocycles. The molecule has 0 atom stereocenters. The van der Waals surface area contributed by atoms with E-state index in [1.165, 1.54) is 11.8 Å². The predicted octanol–water partition coefficient (Wildman–Crippen LogP) is 0.998. The molecule has 0 bridgehead atoms. The van der Waals surface area contributed by atoms with E-state index in [-0.39, 0.29) is 10.7 Å². The number of halogens is 1. The Morgan fingerprint density at radius 3 is 3.06 bits per heavy atom. The zero-order valence-electron chi connectivity index (χ0n) is 9.18. The summed E-state index contributed by atoms with van der Waals surface area (Å²) in [5.74, 6) is 5.90. The van der Waals surface area contributed by atoms with Crippen LogP contribution in [-0.2, 0) is 5.75 Å². The van der Waals surface area contributed by atoms with E-state index in [0.717, 1.165) is 0 Å². The van der Waals surface area contributed by atoms with Gasteiger partial charge in [0.2, 0.25) is 0 Å². The van der Waals surface area contributed by atoms with Gasteiger partial charge in [-0.3, -0.25) is 4.79 Å². The number of hydrazone groups is 1. The maximum absolute atomic E-state index is 11.8. The first-order valence-corrected chi connectivity index (χ1v) is 6.31. The predicted molar refractivity (Wildman–Crippen MR) is 74.5 cm³/mol. The third-order valence-electron chi connectivity index (χ3n) is 2.20. The molecule has 1 aromatic carbocycles. The van der Waals surface area contributed by atoms with Crippen LogP contribution in [0.4, 0.5) is 0 Å². The molecule has 8 heteroatoms. The number of rotatable bonds is 2. The van der Waals surface area contributed by atoms with Crippen LogP contribution in [0.25, 0.3) is 10.9 Å². The number of H-pyrrole nitrogens is 1. The minimum absolute atomic E-state index is 0.230. The third kappa shape index (κ3) is 2.74. The van der Waals surface area contributed by atoms with Gasteiger partial charge in [0.05, 0.1) is 16.7 Å². The summed E-state index contributed by atoms with van der Waals surface area (Å²) in [6.45, 7) is 0. The van der Waals surface area contributed by atoms with E-state index in [1.807, 2.05) is 0 Å². The Hall–Kier alpha value is -1.73. The van der Waals surface area contributed by atoms with Gasteiger partial charge in [0.15, 0.2) is 5.17 Å². The molecule has 18 heavy (non-hydrogen) atoms. The Morgan fingerprint density at radius 1 is 1.56 bits per heavy atom. The summed E-state index contributed by atoms with van der Waals surface area (Å²) in [4.78, 5) is 18.8. The van der Waals surface area contributed by atoms with Crippen LogP contribution in [0.3, 0.4) is 0 Å². The van der Waals surface area contributed by atoms with Crippen molar-refractivity contribution in [1.82, 2.24) is 9.97 Å². The van der Waals surface area contributed by atoms with Gasteiger partial charge in [-0.1, -0.05) is 23.4 Å². The van der Waals surface area contributed by atoms with E-state index in [2.05, 4.69) is 15.1 Å². The van der Waals surface area contributed by atoms with Crippen LogP contribution in [0.2, 0.25) is 5.02 Å². The average molecular weight is 284 g/mol. The van der Waals surface area contributed by atoms with Crippen molar-refractivity contribution in [2.24, 2.45) is 16.7 Å². The molecule has 0 saturated heterocycles. The van der Waals surface area contributed by atoms with Gasteiger partial charge >= 0.3 is 0 Å². The fourth-order valence-corrected chi connectivity index (χ4v) is 2.08. The maximum atomic E-state index is 11.8. The molecule has 0 fully saturated rings. The number of nitrogens with one attached hydrogen (secondary N) is 1. The van der Waals surface area contributed by atoms with Crippen molar-refractivity contribution in [3.8, 4) is 0 Å². The van der Waals surface area contributed by atoms with Crippen molar-refractivity contribution in [2.45, 2.75) is 5.75 Å². The van der Waals surface area contributed by atoms with Gasteiger partial charge in [0.25, 0.3) is 5.56 Å². The number of amidine groups is 1. The lowest BCUT2D eigenvalue weighted by molar-refractivity contribution is 1.04. The van der Waals surface area contributed by atoms with E-state index in [9.17, 15) is 4.79 Å². The topological polar surface area (TPSA) is 110 Å². The molecule has 6 nitrogen and oxygen atoms in total. The zero-order chi connectivity index (χ0) is 13.1. The molecule has 2 rings (SSSR count). The molecule has 0 amide bonds. The summed E-state index contributed by atoms with van der Waals surface area (Å²) >= 11 is 7.02. The number of fused-ring (bicyclic) bond motifs is 1. The Labute approximate surface area is 111 Å². The Morgan fingerprint density at radius 2 is 2.33 bits per heavy atom. The molecular weight excluding hydrogens is 274 g/mol. The highest BCUT2D eigenvalue weighted by molar-refractivity contribution is 8.13. The minimum Gasteiger partial charge on any atom is -0.377 e. The van der Waals surface area contributed by atoms with Crippen molar-refractivity contribution < 1.29 is 0 Å². The van der Waals surface area contributed by atoms with Crippen LogP contribution < -0.4 is 17.1 Å². The number of hydrogen-bond acceptors (Lipinski definition) is 5. The highest BCUT2D eigenvalue weighted by Crippen LogP contribution is 2.15. The van der Waals surface area contributed by atoms with Gasteiger partial charge in [0.1, 0.15) is 5.82 Å². The van der Waals surface area contributed by atoms with Crippen LogP contribution in [0.15, 0.2) is 28.1 Å². The first-order valence-electron chi connectivity index (χ1n) is 4.95. The van der Waals surface area contributed by atoms with Crippen LogP contribution >= 0.6 is 23.4 Å². The van der Waals surface area contributed by atoms with Gasteiger partial charge in [-0.25, -0.2) is 4.98 Å². The van der Waals surface area contributed by atoms with Gasteiger partial charge < -0.3 is 16.6 Å². The van der Waals surface area contributed by atoms with Gasteiger partial charge in [0, 0.05) is 5.02 Å². The molecule has 2 aromatic rings. The molecule has 0 radical (unpaired) electrons. The summed E-state index contributed by atoms with van der Waals surface area (Å²) in [7, 11) is 0. The lowest BCUT2D eigenvalue weighted by Gasteiger charge is -2.02. The van der Waals surface area contributed by atoms with E-state index in [4.69, 9.17) is 23.2 Å². The lowest BCUT2D eigenvalue weighted by atomic mass is 10.2. The third-order valence-corrected chi connectivity index (χ3v) is 3.25. The SMILES string of the molecule is NN=C(N)SCc1nc2ccc(Cl)cc2c(=O)[nH]1. The fraction of sp³-hybridized carbons (Fsp3) is 0.100. The monoisotopic (exact) mass is 283 g/mol. The standard InChI is InChI=1S/C10H10ClN5OS/c11-5-1-2-7-6(3-5)9(17)15-8(14-7)4-18-10(12)16-13/h1-3H,4,13H2,(H2,12,16)(H,14,15,17). The number of hydrogen-bond donors (Lipinski definition) is 3. The number of nitrogens with zero attached hydrogens (tertiary/aromatic N) is 2. The molecule has 94 valence electrons. The number of aromatic nitrogens is 2. The quantitative estimate of drug-likeness (QED) is 0.330. The summed E-state index contributed by atoms with van der Waals surface area (Å²) in [6, 6.07) is 4.96. The van der Waals surface area contributed by atoms with Crippen LogP contribution in [0, 0.1) is 0 Å². The molecule has 0 aliphatic rings. The molecule has 0 saturated carbocycles. The summed E-state index contributed by atoms with van der Waals surface area (Å²) in [6.07, 6.45) is 0. The average Bonchev–Trinajstić information content (AvgIpc) is 2.37. The molecule has 0 unspecified atom stereocenters. The Kier molecular flexibility index (Phi) is 3.73. The Balaban J connectivity index is 2.37. The minimum atomic E-state index is -0.235. The van der Waals surface area contributed by atoms with E-state index in [0.29, 0.717) is 27.5 Å². The number of nitrogens with two attached hydrogens (primary N) is 2. The van der Waals surface area contributed by atoms with Crippen molar-refractivity contribution in [1.29, 1.82) is 0 Å². The summed E-state index contributed by atoms with van der Waals surface area (Å²) < 4.78 is 0. The molecule has 0 aliphatic heterocycles. The Bertz CT molecular complexity index is 669. The van der Waals surface area contributed by atoms with Crippen molar-refractivity contribution in [2.75, 3.05) is 0 Å². The number of aromatic amines is 1. The first-order chi connectivity index (χ1) is 8.60. The maximum Gasteiger partial charge on any atom is 0.258 e. The van der Waals surface area contributed by atoms with Crippen molar-refractivity contribution >= 4 is 39.4 Å². The van der Waals surface area contributed by atoms with E-state index >= 15 is 0 Å². The highest BCUT2D eigenvalue weighted by atomic mass is 35.5. The second kappa shape index (κ2) is 5.28. The van der Waals surface area contributed by atoms with E-state index < -0.39 is 0 Å². The number of benzene rings is 1. The molecular formula is C10H10ClN5OS. The largest absolute Gasteiger partial charge is 0.377 e. The smallest absolute Gasteiger partial charge is 0.258 e. The van der Waals surface area contributed by atoms with Gasteiger partial charge in [-0.15, -0.1) is 0 Å². The van der Waals surface area contributed by atoms with Crippen LogP contribution in [0.1, 0.15) is 5.82 Å². The first kappa shape index (κ1) is 12.7. The molecule has 0 spiro atoms. The molecule has 1 heterocycles. The summed E-state index contributed by atoms with van der Waals surface area (Å²) in [5, 5.41) is 4.50.